The molecule has 0 amide bonds. The number of carbonyl (C=O) groups is 1. The molecule has 0 unspecified atom stereocenters. The first-order valence-corrected chi connectivity index (χ1v) is 9.96. The molecule has 0 aliphatic rings. The molecule has 0 aromatic heterocycles. The van der Waals surface area contributed by atoms with E-state index in [9.17, 15) is 9.90 Å². The van der Waals surface area contributed by atoms with Gasteiger partial charge in [0, 0.05) is 0 Å². The maximum absolute atomic E-state index is 11.5. The fraction of sp³-hybridized carbons (Fsp3) is 0.458. The zero-order chi connectivity index (χ0) is 19.1. The number of carboxylic acids is 1. The molecule has 0 bridgehead atoms. The second-order valence-electron chi connectivity index (χ2n) is 7.37. The second-order valence-corrected chi connectivity index (χ2v) is 7.37. The number of hydrogen-bond acceptors (Lipinski definition) is 1. The monoisotopic (exact) mass is 352 g/mol. The van der Waals surface area contributed by atoms with Gasteiger partial charge in [0.25, 0.3) is 0 Å². The number of aryl methyl sites for hydroxylation is 1. The third-order valence-electron chi connectivity index (χ3n) is 5.47. The van der Waals surface area contributed by atoms with E-state index in [1.54, 1.807) is 6.07 Å². The van der Waals surface area contributed by atoms with Gasteiger partial charge in [-0.15, -0.1) is 0 Å². The van der Waals surface area contributed by atoms with Crippen LogP contribution in [-0.4, -0.2) is 11.1 Å². The summed E-state index contributed by atoms with van der Waals surface area (Å²) in [6.45, 7) is 8.90. The molecule has 2 rings (SSSR count). The van der Waals surface area contributed by atoms with Gasteiger partial charge in [-0.2, -0.15) is 0 Å². The summed E-state index contributed by atoms with van der Waals surface area (Å²) in [5.74, 6) is 0.161. The number of aromatic carboxylic acids is 1. The first-order valence-electron chi connectivity index (χ1n) is 9.96. The highest BCUT2D eigenvalue weighted by Gasteiger charge is 2.18. The van der Waals surface area contributed by atoms with E-state index in [1.807, 2.05) is 12.1 Å². The molecule has 140 valence electrons. The lowest BCUT2D eigenvalue weighted by atomic mass is 9.83. The smallest absolute Gasteiger partial charge is 0.335 e. The van der Waals surface area contributed by atoms with Crippen molar-refractivity contribution in [3.63, 3.8) is 0 Å². The first-order chi connectivity index (χ1) is 12.5. The van der Waals surface area contributed by atoms with Crippen molar-refractivity contribution in [2.75, 3.05) is 0 Å². The van der Waals surface area contributed by atoms with Gasteiger partial charge in [0.2, 0.25) is 0 Å². The predicted octanol–water partition coefficient (Wildman–Crippen LogP) is 6.93. The topological polar surface area (TPSA) is 37.3 Å². The average molecular weight is 353 g/mol. The second kappa shape index (κ2) is 9.56. The Morgan fingerprint density at radius 3 is 2.19 bits per heavy atom. The van der Waals surface area contributed by atoms with E-state index < -0.39 is 5.97 Å². The Hall–Kier alpha value is -2.09. The van der Waals surface area contributed by atoms with Gasteiger partial charge in [0.05, 0.1) is 5.56 Å². The van der Waals surface area contributed by atoms with Gasteiger partial charge < -0.3 is 5.11 Å². The molecular weight excluding hydrogens is 320 g/mol. The summed E-state index contributed by atoms with van der Waals surface area (Å²) in [6, 6.07) is 14.3. The van der Waals surface area contributed by atoms with Crippen molar-refractivity contribution in [2.24, 2.45) is 5.92 Å². The van der Waals surface area contributed by atoms with Crippen LogP contribution < -0.4 is 0 Å². The van der Waals surface area contributed by atoms with Crippen molar-refractivity contribution >= 4 is 5.97 Å². The van der Waals surface area contributed by atoms with Gasteiger partial charge in [0.1, 0.15) is 0 Å². The van der Waals surface area contributed by atoms with Crippen LogP contribution in [0.4, 0.5) is 0 Å². The van der Waals surface area contributed by atoms with E-state index in [0.29, 0.717) is 17.4 Å². The van der Waals surface area contributed by atoms with Crippen molar-refractivity contribution in [3.8, 4) is 11.1 Å². The molecule has 0 fully saturated rings. The lowest BCUT2D eigenvalue weighted by Crippen LogP contribution is -2.07. The van der Waals surface area contributed by atoms with Crippen LogP contribution in [-0.2, 0) is 6.42 Å². The minimum Gasteiger partial charge on any atom is -0.478 e. The van der Waals surface area contributed by atoms with Gasteiger partial charge in [-0.3, -0.25) is 0 Å². The first kappa shape index (κ1) is 20.2. The Morgan fingerprint density at radius 1 is 1.00 bits per heavy atom. The lowest BCUT2D eigenvalue weighted by Gasteiger charge is -2.22. The lowest BCUT2D eigenvalue weighted by molar-refractivity contribution is 0.0696. The Labute approximate surface area is 158 Å². The van der Waals surface area contributed by atoms with E-state index in [4.69, 9.17) is 0 Å². The fourth-order valence-electron chi connectivity index (χ4n) is 3.75. The molecule has 2 aromatic rings. The Kier molecular flexibility index (Phi) is 7.44. The standard InChI is InChI=1S/C24H32O2/c1-5-8-19-9-11-20(12-10-19)22-14-13-21(24(25)26)16-23(22)17(4)15-18(6-2)7-3/h9-14,16-18H,5-8,15H2,1-4H3,(H,25,26)/t17-/m1/s1. The average Bonchev–Trinajstić information content (AvgIpc) is 2.66. The SMILES string of the molecule is CCCc1ccc(-c2ccc(C(=O)O)cc2[C@H](C)CC(CC)CC)cc1. The van der Waals surface area contributed by atoms with E-state index in [0.717, 1.165) is 30.4 Å². The van der Waals surface area contributed by atoms with Crippen LogP contribution >= 0.6 is 0 Å². The van der Waals surface area contributed by atoms with Crippen LogP contribution in [0, 0.1) is 5.92 Å². The number of rotatable bonds is 9. The van der Waals surface area contributed by atoms with Crippen molar-refractivity contribution in [2.45, 2.75) is 65.7 Å². The van der Waals surface area contributed by atoms with E-state index in [2.05, 4.69) is 52.0 Å². The highest BCUT2D eigenvalue weighted by Crippen LogP contribution is 2.35. The summed E-state index contributed by atoms with van der Waals surface area (Å²) in [6.07, 6.45) is 5.67. The van der Waals surface area contributed by atoms with Crippen molar-refractivity contribution in [1.29, 1.82) is 0 Å². The molecular formula is C24H32O2. The Balaban J connectivity index is 2.42. The highest BCUT2D eigenvalue weighted by molar-refractivity contribution is 5.89. The van der Waals surface area contributed by atoms with Crippen LogP contribution in [0.2, 0.25) is 0 Å². The van der Waals surface area contributed by atoms with Crippen molar-refractivity contribution < 1.29 is 9.90 Å². The molecule has 2 nitrogen and oxygen atoms in total. The van der Waals surface area contributed by atoms with Gasteiger partial charge in [-0.1, -0.05) is 77.3 Å². The van der Waals surface area contributed by atoms with Gasteiger partial charge in [0.15, 0.2) is 0 Å². The van der Waals surface area contributed by atoms with E-state index in [-0.39, 0.29) is 0 Å². The third-order valence-corrected chi connectivity index (χ3v) is 5.47. The molecule has 0 heterocycles. The van der Waals surface area contributed by atoms with Crippen LogP contribution in [0.5, 0.6) is 0 Å². The molecule has 2 heteroatoms. The Morgan fingerprint density at radius 2 is 1.65 bits per heavy atom. The van der Waals surface area contributed by atoms with Crippen LogP contribution in [0.15, 0.2) is 42.5 Å². The molecule has 0 aliphatic carbocycles. The molecule has 1 N–H and O–H groups in total. The molecule has 1 atom stereocenters. The van der Waals surface area contributed by atoms with Crippen LogP contribution in [0.25, 0.3) is 11.1 Å². The summed E-state index contributed by atoms with van der Waals surface area (Å²) in [5, 5.41) is 9.42. The van der Waals surface area contributed by atoms with E-state index in [1.165, 1.54) is 24.0 Å². The largest absolute Gasteiger partial charge is 0.478 e. The van der Waals surface area contributed by atoms with Gasteiger partial charge >= 0.3 is 5.97 Å². The number of benzene rings is 2. The van der Waals surface area contributed by atoms with Crippen molar-refractivity contribution in [1.82, 2.24) is 0 Å². The normalized spacial score (nSPS) is 12.3. The molecule has 2 aromatic carbocycles. The fourth-order valence-corrected chi connectivity index (χ4v) is 3.75. The zero-order valence-electron chi connectivity index (χ0n) is 16.6. The minimum atomic E-state index is -0.856. The summed E-state index contributed by atoms with van der Waals surface area (Å²) < 4.78 is 0. The van der Waals surface area contributed by atoms with Crippen LogP contribution in [0.1, 0.15) is 80.8 Å². The summed E-state index contributed by atoms with van der Waals surface area (Å²) >= 11 is 0. The molecule has 0 spiro atoms. The zero-order valence-corrected chi connectivity index (χ0v) is 16.6. The third kappa shape index (κ3) is 4.97. The molecule has 0 saturated heterocycles. The maximum Gasteiger partial charge on any atom is 0.335 e. The van der Waals surface area contributed by atoms with E-state index >= 15 is 0 Å². The summed E-state index contributed by atoms with van der Waals surface area (Å²) in [5.41, 5.74) is 5.22. The summed E-state index contributed by atoms with van der Waals surface area (Å²) in [4.78, 5) is 11.5. The maximum atomic E-state index is 11.5. The molecule has 0 radical (unpaired) electrons. The van der Waals surface area contributed by atoms with Gasteiger partial charge in [-0.25, -0.2) is 4.79 Å². The van der Waals surface area contributed by atoms with Crippen LogP contribution in [0.3, 0.4) is 0 Å². The number of carboxylic acid groups (broad SMARTS) is 1. The summed E-state index contributed by atoms with van der Waals surface area (Å²) in [7, 11) is 0. The quantitative estimate of drug-likeness (QED) is 0.531. The van der Waals surface area contributed by atoms with Crippen molar-refractivity contribution in [3.05, 3.63) is 59.2 Å². The molecule has 0 saturated carbocycles. The number of hydrogen-bond donors (Lipinski definition) is 1. The van der Waals surface area contributed by atoms with Gasteiger partial charge in [-0.05, 0) is 59.1 Å². The Bertz CT molecular complexity index is 711. The molecule has 26 heavy (non-hydrogen) atoms. The highest BCUT2D eigenvalue weighted by atomic mass is 16.4. The predicted molar refractivity (Wildman–Crippen MR) is 110 cm³/mol. The minimum absolute atomic E-state index is 0.338. The molecule has 0 aliphatic heterocycles.